The van der Waals surface area contributed by atoms with Crippen LogP contribution in [-0.4, -0.2) is 17.2 Å². The van der Waals surface area contributed by atoms with Crippen LogP contribution in [0.15, 0.2) is 10.6 Å². The molecule has 0 aliphatic heterocycles. The van der Waals surface area contributed by atoms with Gasteiger partial charge in [-0.25, -0.2) is 4.79 Å². The van der Waals surface area contributed by atoms with Crippen LogP contribution in [0.1, 0.15) is 51.2 Å². The van der Waals surface area contributed by atoms with Crippen molar-refractivity contribution in [1.82, 2.24) is 10.5 Å². The summed E-state index contributed by atoms with van der Waals surface area (Å²) in [6.07, 6.45) is 8.17. The van der Waals surface area contributed by atoms with Crippen molar-refractivity contribution in [3.05, 3.63) is 11.8 Å². The van der Waals surface area contributed by atoms with Crippen molar-refractivity contribution in [2.24, 2.45) is 23.2 Å². The number of rotatable bonds is 3. The highest BCUT2D eigenvalue weighted by Gasteiger charge is 2.53. The van der Waals surface area contributed by atoms with Crippen LogP contribution in [0.5, 0.6) is 0 Å². The van der Waals surface area contributed by atoms with Crippen LogP contribution in [0, 0.1) is 30.1 Å². The first kappa shape index (κ1) is 14.1. The van der Waals surface area contributed by atoms with Gasteiger partial charge in [0.15, 0.2) is 5.82 Å². The van der Waals surface area contributed by atoms with Crippen LogP contribution in [-0.2, 0) is 0 Å². The molecule has 4 saturated carbocycles. The van der Waals surface area contributed by atoms with E-state index < -0.39 is 0 Å². The lowest BCUT2D eigenvalue weighted by Gasteiger charge is -2.59. The van der Waals surface area contributed by atoms with E-state index in [0.29, 0.717) is 17.0 Å². The molecule has 0 saturated heterocycles. The molecule has 0 radical (unpaired) electrons. The Morgan fingerprint density at radius 2 is 1.86 bits per heavy atom. The van der Waals surface area contributed by atoms with Gasteiger partial charge in [-0.3, -0.25) is 5.32 Å². The van der Waals surface area contributed by atoms with E-state index in [0.717, 1.165) is 17.8 Å². The number of carbonyl (C=O) groups is 1. The van der Waals surface area contributed by atoms with Gasteiger partial charge in [0.25, 0.3) is 0 Å². The summed E-state index contributed by atoms with van der Waals surface area (Å²) in [5, 5.41) is 9.74. The van der Waals surface area contributed by atoms with Crippen molar-refractivity contribution in [1.29, 1.82) is 0 Å². The highest BCUT2D eigenvalue weighted by atomic mass is 16.5. The summed E-state index contributed by atoms with van der Waals surface area (Å²) in [4.78, 5) is 12.2. The van der Waals surface area contributed by atoms with E-state index in [1.54, 1.807) is 6.07 Å². The molecule has 0 spiro atoms. The summed E-state index contributed by atoms with van der Waals surface area (Å²) in [6.45, 7) is 3.99. The van der Waals surface area contributed by atoms with Gasteiger partial charge in [0.1, 0.15) is 5.76 Å². The largest absolute Gasteiger partial charge is 0.360 e. The molecule has 5 heteroatoms. The average Bonchev–Trinajstić information content (AvgIpc) is 2.82. The van der Waals surface area contributed by atoms with Crippen LogP contribution < -0.4 is 10.6 Å². The normalized spacial score (nSPS) is 37.1. The van der Waals surface area contributed by atoms with Crippen molar-refractivity contribution in [2.75, 3.05) is 5.32 Å². The maximum Gasteiger partial charge on any atom is 0.320 e. The van der Waals surface area contributed by atoms with E-state index in [1.807, 2.05) is 6.92 Å². The Bertz CT molecular complexity index is 545. The first-order chi connectivity index (χ1) is 10.5. The zero-order chi connectivity index (χ0) is 15.3. The molecule has 4 bridgehead atoms. The number of nitrogens with one attached hydrogen (secondary N) is 2. The number of aryl methyl sites for hydroxylation is 1. The molecule has 4 fully saturated rings. The first-order valence-corrected chi connectivity index (χ1v) is 8.53. The minimum absolute atomic E-state index is 0.170. The second-order valence-electron chi connectivity index (χ2n) is 7.92. The van der Waals surface area contributed by atoms with Gasteiger partial charge < -0.3 is 9.84 Å². The van der Waals surface area contributed by atoms with Crippen molar-refractivity contribution >= 4 is 11.8 Å². The van der Waals surface area contributed by atoms with Gasteiger partial charge in [0, 0.05) is 12.1 Å². The highest BCUT2D eigenvalue weighted by Crippen LogP contribution is 2.61. The molecule has 5 rings (SSSR count). The number of anilines is 1. The molecule has 1 aromatic rings. The molecule has 4 aliphatic carbocycles. The Hall–Kier alpha value is -1.52. The lowest BCUT2D eigenvalue weighted by molar-refractivity contribution is -0.0680. The molecule has 5 nitrogen and oxygen atoms in total. The molecular weight excluding hydrogens is 278 g/mol. The zero-order valence-electron chi connectivity index (χ0n) is 13.4. The van der Waals surface area contributed by atoms with Gasteiger partial charge in [0.2, 0.25) is 0 Å². The van der Waals surface area contributed by atoms with Crippen molar-refractivity contribution < 1.29 is 9.32 Å². The fourth-order valence-electron chi connectivity index (χ4n) is 5.64. The first-order valence-electron chi connectivity index (χ1n) is 8.53. The number of aromatic nitrogens is 1. The topological polar surface area (TPSA) is 67.2 Å². The fraction of sp³-hybridized carbons (Fsp3) is 0.765. The number of amides is 2. The van der Waals surface area contributed by atoms with Gasteiger partial charge in [-0.15, -0.1) is 0 Å². The molecule has 1 unspecified atom stereocenters. The van der Waals surface area contributed by atoms with E-state index in [1.165, 1.54) is 38.5 Å². The van der Waals surface area contributed by atoms with Crippen molar-refractivity contribution in [3.8, 4) is 0 Å². The molecule has 120 valence electrons. The Labute approximate surface area is 131 Å². The summed E-state index contributed by atoms with van der Waals surface area (Å²) < 4.78 is 4.98. The van der Waals surface area contributed by atoms with E-state index in [4.69, 9.17) is 4.52 Å². The summed E-state index contributed by atoms with van der Waals surface area (Å²) in [6, 6.07) is 1.78. The number of urea groups is 1. The molecule has 1 heterocycles. The SMILES string of the molecule is Cc1cc(NC(=O)NC(C)C23CC4CC(CC(C4)C2)C3)no1. The van der Waals surface area contributed by atoms with Crippen LogP contribution in [0.3, 0.4) is 0 Å². The lowest BCUT2D eigenvalue weighted by atomic mass is 9.48. The van der Waals surface area contributed by atoms with Gasteiger partial charge >= 0.3 is 6.03 Å². The van der Waals surface area contributed by atoms with Crippen molar-refractivity contribution in [2.45, 2.75) is 58.4 Å². The molecule has 2 N–H and O–H groups in total. The average molecular weight is 303 g/mol. The molecule has 1 atom stereocenters. The number of hydrogen-bond acceptors (Lipinski definition) is 3. The van der Waals surface area contributed by atoms with E-state index in [9.17, 15) is 4.79 Å². The Balaban J connectivity index is 1.41. The second kappa shape index (κ2) is 5.00. The van der Waals surface area contributed by atoms with Crippen LogP contribution >= 0.6 is 0 Å². The summed E-state index contributed by atoms with van der Waals surface area (Å²) in [5.41, 5.74) is 0.325. The number of hydrogen-bond donors (Lipinski definition) is 2. The van der Waals surface area contributed by atoms with E-state index in [-0.39, 0.29) is 12.1 Å². The Morgan fingerprint density at radius 3 is 2.36 bits per heavy atom. The van der Waals surface area contributed by atoms with Gasteiger partial charge in [-0.1, -0.05) is 5.16 Å². The van der Waals surface area contributed by atoms with Gasteiger partial charge in [0.05, 0.1) is 0 Å². The fourth-order valence-corrected chi connectivity index (χ4v) is 5.64. The van der Waals surface area contributed by atoms with Crippen LogP contribution in [0.2, 0.25) is 0 Å². The summed E-state index contributed by atoms with van der Waals surface area (Å²) >= 11 is 0. The molecule has 4 aliphatic rings. The summed E-state index contributed by atoms with van der Waals surface area (Å²) in [5.74, 6) is 3.88. The molecule has 1 aromatic heterocycles. The predicted molar refractivity (Wildman–Crippen MR) is 83.5 cm³/mol. The van der Waals surface area contributed by atoms with E-state index in [2.05, 4.69) is 22.7 Å². The standard InChI is InChI=1S/C17H25N3O2/c1-10-3-15(20-22-10)19-16(21)18-11(2)17-7-12-4-13(8-17)6-14(5-12)9-17/h3,11-14H,4-9H2,1-2H3,(H2,18,19,20,21). The molecule has 22 heavy (non-hydrogen) atoms. The maximum atomic E-state index is 12.2. The number of nitrogens with zero attached hydrogens (tertiary/aromatic N) is 1. The van der Waals surface area contributed by atoms with Crippen LogP contribution in [0.25, 0.3) is 0 Å². The third kappa shape index (κ3) is 2.40. The smallest absolute Gasteiger partial charge is 0.320 e. The Morgan fingerprint density at radius 1 is 1.27 bits per heavy atom. The predicted octanol–water partition coefficient (Wildman–Crippen LogP) is 3.71. The summed E-state index contributed by atoms with van der Waals surface area (Å²) in [7, 11) is 0. The minimum atomic E-state index is -0.170. The number of carbonyl (C=O) groups excluding carboxylic acids is 1. The molecule has 2 amide bonds. The molecular formula is C17H25N3O2. The highest BCUT2D eigenvalue weighted by molar-refractivity contribution is 5.88. The van der Waals surface area contributed by atoms with Crippen LogP contribution in [0.4, 0.5) is 10.6 Å². The Kier molecular flexibility index (Phi) is 3.20. The maximum absolute atomic E-state index is 12.2. The van der Waals surface area contributed by atoms with Gasteiger partial charge in [-0.05, 0) is 75.5 Å². The minimum Gasteiger partial charge on any atom is -0.360 e. The zero-order valence-corrected chi connectivity index (χ0v) is 13.4. The quantitative estimate of drug-likeness (QED) is 0.894. The monoisotopic (exact) mass is 303 g/mol. The van der Waals surface area contributed by atoms with Gasteiger partial charge in [-0.2, -0.15) is 0 Å². The second-order valence-corrected chi connectivity index (χ2v) is 7.92. The third-order valence-corrected chi connectivity index (χ3v) is 6.22. The third-order valence-electron chi connectivity index (χ3n) is 6.22. The van der Waals surface area contributed by atoms with E-state index >= 15 is 0 Å². The molecule has 0 aromatic carbocycles. The lowest BCUT2D eigenvalue weighted by Crippen LogP contribution is -2.56. The van der Waals surface area contributed by atoms with Crippen molar-refractivity contribution in [3.63, 3.8) is 0 Å².